The standard InChI is InChI=1S/C12H16ClNO/c1-9-5-3-4-6-11(9)7-10(2)14-12(15)8-13/h3-6,10H,7-8H2,1-2H3,(H,14,15)/t10-/m1/s1. The minimum atomic E-state index is -0.113. The lowest BCUT2D eigenvalue weighted by Crippen LogP contribution is -2.34. The summed E-state index contributed by atoms with van der Waals surface area (Å²) in [6.45, 7) is 4.06. The Morgan fingerprint density at radius 1 is 1.47 bits per heavy atom. The fourth-order valence-electron chi connectivity index (χ4n) is 1.53. The number of rotatable bonds is 4. The molecule has 0 aliphatic carbocycles. The molecule has 1 amide bonds. The Hall–Kier alpha value is -1.02. The third kappa shape index (κ3) is 3.92. The van der Waals surface area contributed by atoms with Gasteiger partial charge in [0.1, 0.15) is 5.88 Å². The normalized spacial score (nSPS) is 12.2. The summed E-state index contributed by atoms with van der Waals surface area (Å²) in [6.07, 6.45) is 0.843. The van der Waals surface area contributed by atoms with Crippen molar-refractivity contribution in [3.8, 4) is 0 Å². The van der Waals surface area contributed by atoms with Crippen molar-refractivity contribution < 1.29 is 4.79 Å². The van der Waals surface area contributed by atoms with E-state index in [1.807, 2.05) is 19.1 Å². The lowest BCUT2D eigenvalue weighted by Gasteiger charge is -2.14. The van der Waals surface area contributed by atoms with Crippen LogP contribution in [0.2, 0.25) is 0 Å². The van der Waals surface area contributed by atoms with E-state index < -0.39 is 0 Å². The number of benzene rings is 1. The predicted octanol–water partition coefficient (Wildman–Crippen LogP) is 2.28. The minimum absolute atomic E-state index is 0.0259. The van der Waals surface area contributed by atoms with Gasteiger partial charge in [0.25, 0.3) is 0 Å². The Morgan fingerprint density at radius 3 is 2.73 bits per heavy atom. The maximum absolute atomic E-state index is 11.1. The maximum atomic E-state index is 11.1. The third-order valence-corrected chi connectivity index (χ3v) is 2.56. The highest BCUT2D eigenvalue weighted by atomic mass is 35.5. The second kappa shape index (κ2) is 5.76. The second-order valence-corrected chi connectivity index (χ2v) is 4.00. The van der Waals surface area contributed by atoms with Crippen LogP contribution in [0.4, 0.5) is 0 Å². The summed E-state index contributed by atoms with van der Waals surface area (Å²) in [5, 5.41) is 2.83. The molecule has 0 saturated heterocycles. The Bertz CT molecular complexity index is 338. The molecule has 1 atom stereocenters. The molecule has 1 aromatic rings. The first kappa shape index (κ1) is 12.1. The van der Waals surface area contributed by atoms with Crippen molar-refractivity contribution in [2.75, 3.05) is 5.88 Å². The molecule has 0 aliphatic heterocycles. The van der Waals surface area contributed by atoms with Gasteiger partial charge < -0.3 is 5.32 Å². The molecule has 0 bridgehead atoms. The molecule has 82 valence electrons. The van der Waals surface area contributed by atoms with Crippen molar-refractivity contribution in [3.63, 3.8) is 0 Å². The van der Waals surface area contributed by atoms with E-state index in [1.54, 1.807) is 0 Å². The van der Waals surface area contributed by atoms with Crippen LogP contribution in [0.15, 0.2) is 24.3 Å². The average Bonchev–Trinajstić information content (AvgIpc) is 2.21. The van der Waals surface area contributed by atoms with Gasteiger partial charge in [0, 0.05) is 6.04 Å². The van der Waals surface area contributed by atoms with Gasteiger partial charge in [-0.25, -0.2) is 0 Å². The number of halogens is 1. The second-order valence-electron chi connectivity index (χ2n) is 3.73. The van der Waals surface area contributed by atoms with Gasteiger partial charge in [0.05, 0.1) is 0 Å². The number of carbonyl (C=O) groups is 1. The number of amides is 1. The van der Waals surface area contributed by atoms with Gasteiger partial charge in [-0.1, -0.05) is 24.3 Å². The van der Waals surface area contributed by atoms with Crippen molar-refractivity contribution in [2.45, 2.75) is 26.3 Å². The Labute approximate surface area is 95.6 Å². The summed E-state index contributed by atoms with van der Waals surface area (Å²) in [5.41, 5.74) is 2.52. The molecule has 0 fully saturated rings. The fourth-order valence-corrected chi connectivity index (χ4v) is 1.61. The molecule has 15 heavy (non-hydrogen) atoms. The molecule has 1 N–H and O–H groups in total. The summed E-state index contributed by atoms with van der Waals surface area (Å²) in [4.78, 5) is 11.1. The summed E-state index contributed by atoms with van der Waals surface area (Å²) in [5.74, 6) is -0.0873. The third-order valence-electron chi connectivity index (χ3n) is 2.32. The van der Waals surface area contributed by atoms with Crippen LogP contribution < -0.4 is 5.32 Å². The van der Waals surface area contributed by atoms with Gasteiger partial charge in [0.2, 0.25) is 5.91 Å². The molecular weight excluding hydrogens is 210 g/mol. The van der Waals surface area contributed by atoms with Gasteiger partial charge in [-0.05, 0) is 31.4 Å². The quantitative estimate of drug-likeness (QED) is 0.783. The number of nitrogens with one attached hydrogen (secondary N) is 1. The van der Waals surface area contributed by atoms with Crippen LogP contribution in [-0.4, -0.2) is 17.8 Å². The van der Waals surface area contributed by atoms with Crippen LogP contribution in [0.1, 0.15) is 18.1 Å². The Balaban J connectivity index is 2.55. The molecule has 1 rings (SSSR count). The highest BCUT2D eigenvalue weighted by Crippen LogP contribution is 2.09. The number of aryl methyl sites for hydroxylation is 1. The van der Waals surface area contributed by atoms with Crippen LogP contribution in [-0.2, 0) is 11.2 Å². The fraction of sp³-hybridized carbons (Fsp3) is 0.417. The summed E-state index contributed by atoms with van der Waals surface area (Å²) >= 11 is 5.42. The van der Waals surface area contributed by atoms with Gasteiger partial charge in [0.15, 0.2) is 0 Å². The molecule has 0 radical (unpaired) electrons. The monoisotopic (exact) mass is 225 g/mol. The van der Waals surface area contributed by atoms with Crippen LogP contribution in [0, 0.1) is 6.92 Å². The molecule has 2 nitrogen and oxygen atoms in total. The summed E-state index contributed by atoms with van der Waals surface area (Å²) in [7, 11) is 0. The SMILES string of the molecule is Cc1ccccc1C[C@@H](C)NC(=O)CCl. The Kier molecular flexibility index (Phi) is 4.63. The maximum Gasteiger partial charge on any atom is 0.235 e. The van der Waals surface area contributed by atoms with E-state index in [0.717, 1.165) is 6.42 Å². The summed E-state index contributed by atoms with van der Waals surface area (Å²) < 4.78 is 0. The van der Waals surface area contributed by atoms with Crippen LogP contribution in [0.3, 0.4) is 0 Å². The molecule has 3 heteroatoms. The van der Waals surface area contributed by atoms with Crippen molar-refractivity contribution in [1.82, 2.24) is 5.32 Å². The number of hydrogen-bond acceptors (Lipinski definition) is 1. The zero-order valence-electron chi connectivity index (χ0n) is 9.09. The first-order valence-electron chi connectivity index (χ1n) is 5.03. The smallest absolute Gasteiger partial charge is 0.235 e. The molecule has 0 spiro atoms. The molecular formula is C12H16ClNO. The van der Waals surface area contributed by atoms with Gasteiger partial charge in [-0.15, -0.1) is 11.6 Å². The summed E-state index contributed by atoms with van der Waals surface area (Å²) in [6, 6.07) is 8.31. The number of carbonyl (C=O) groups excluding carboxylic acids is 1. The van der Waals surface area contributed by atoms with Crippen LogP contribution >= 0.6 is 11.6 Å². The number of alkyl halides is 1. The lowest BCUT2D eigenvalue weighted by molar-refractivity contribution is -0.119. The van der Waals surface area contributed by atoms with E-state index in [2.05, 4.69) is 24.4 Å². The van der Waals surface area contributed by atoms with Crippen molar-refractivity contribution in [2.24, 2.45) is 0 Å². The van der Waals surface area contributed by atoms with Gasteiger partial charge in [-0.3, -0.25) is 4.79 Å². The van der Waals surface area contributed by atoms with Crippen molar-refractivity contribution in [1.29, 1.82) is 0 Å². The predicted molar refractivity (Wildman–Crippen MR) is 63.2 cm³/mol. The zero-order chi connectivity index (χ0) is 11.3. The molecule has 1 aromatic carbocycles. The first-order valence-corrected chi connectivity index (χ1v) is 5.56. The van der Waals surface area contributed by atoms with Crippen molar-refractivity contribution >= 4 is 17.5 Å². The molecule has 0 heterocycles. The zero-order valence-corrected chi connectivity index (χ0v) is 9.84. The lowest BCUT2D eigenvalue weighted by atomic mass is 10.0. The van der Waals surface area contributed by atoms with E-state index >= 15 is 0 Å². The highest BCUT2D eigenvalue weighted by molar-refractivity contribution is 6.27. The minimum Gasteiger partial charge on any atom is -0.352 e. The van der Waals surface area contributed by atoms with E-state index in [0.29, 0.717) is 0 Å². The average molecular weight is 226 g/mol. The number of hydrogen-bond donors (Lipinski definition) is 1. The van der Waals surface area contributed by atoms with Gasteiger partial charge >= 0.3 is 0 Å². The first-order chi connectivity index (χ1) is 7.13. The van der Waals surface area contributed by atoms with Crippen molar-refractivity contribution in [3.05, 3.63) is 35.4 Å². The largest absolute Gasteiger partial charge is 0.352 e. The molecule has 0 unspecified atom stereocenters. The van der Waals surface area contributed by atoms with E-state index in [9.17, 15) is 4.79 Å². The van der Waals surface area contributed by atoms with E-state index in [4.69, 9.17) is 11.6 Å². The van der Waals surface area contributed by atoms with Crippen LogP contribution in [0.25, 0.3) is 0 Å². The molecule has 0 saturated carbocycles. The highest BCUT2D eigenvalue weighted by Gasteiger charge is 2.07. The molecule has 0 aliphatic rings. The Morgan fingerprint density at radius 2 is 2.13 bits per heavy atom. The van der Waals surface area contributed by atoms with E-state index in [1.165, 1.54) is 11.1 Å². The van der Waals surface area contributed by atoms with E-state index in [-0.39, 0.29) is 17.8 Å². The molecule has 0 aromatic heterocycles. The topological polar surface area (TPSA) is 29.1 Å². The van der Waals surface area contributed by atoms with Crippen LogP contribution in [0.5, 0.6) is 0 Å². The van der Waals surface area contributed by atoms with Gasteiger partial charge in [-0.2, -0.15) is 0 Å².